The van der Waals surface area contributed by atoms with Crippen LogP contribution in [0.3, 0.4) is 0 Å². The van der Waals surface area contributed by atoms with Crippen LogP contribution in [-0.4, -0.2) is 10.1 Å². The largest absolute Gasteiger partial charge is 0.438 e. The van der Waals surface area contributed by atoms with E-state index in [1.165, 1.54) is 12.1 Å². The lowest BCUT2D eigenvalue weighted by molar-refractivity contribution is 0.283. The number of aromatic nitrogens is 1. The summed E-state index contributed by atoms with van der Waals surface area (Å²) in [6.07, 6.45) is 1.56. The monoisotopic (exact) mass is 347 g/mol. The predicted molar refractivity (Wildman–Crippen MR) is 81.8 cm³/mol. The van der Waals surface area contributed by atoms with Crippen LogP contribution in [0.5, 0.6) is 11.6 Å². The average molecular weight is 348 g/mol. The minimum atomic E-state index is -0.393. The number of halogens is 2. The van der Waals surface area contributed by atoms with E-state index < -0.39 is 5.82 Å². The molecular weight excluding hydrogens is 337 g/mol. The first-order chi connectivity index (χ1) is 10.2. The summed E-state index contributed by atoms with van der Waals surface area (Å²) in [4.78, 5) is 4.21. The van der Waals surface area contributed by atoms with Crippen molar-refractivity contribution < 1.29 is 14.2 Å². The number of nitrogens with zero attached hydrogens (tertiary/aromatic N) is 1. The summed E-state index contributed by atoms with van der Waals surface area (Å²) in [5, 5.41) is 11.0. The van der Waals surface area contributed by atoms with Gasteiger partial charge < -0.3 is 9.84 Å². The van der Waals surface area contributed by atoms with Crippen LogP contribution in [0.25, 0.3) is 10.8 Å². The van der Waals surface area contributed by atoms with Crippen molar-refractivity contribution in [3.8, 4) is 11.6 Å². The molecule has 0 amide bonds. The summed E-state index contributed by atoms with van der Waals surface area (Å²) in [6.45, 7) is -0.0979. The highest BCUT2D eigenvalue weighted by atomic mass is 79.9. The molecule has 2 aromatic carbocycles. The number of ether oxygens (including phenoxy) is 1. The maximum absolute atomic E-state index is 13.4. The van der Waals surface area contributed by atoms with Crippen LogP contribution >= 0.6 is 15.9 Å². The molecule has 0 aliphatic rings. The van der Waals surface area contributed by atoms with Gasteiger partial charge in [0, 0.05) is 27.7 Å². The van der Waals surface area contributed by atoms with Gasteiger partial charge in [-0.3, -0.25) is 0 Å². The Morgan fingerprint density at radius 2 is 1.90 bits per heavy atom. The number of aliphatic hydroxyl groups excluding tert-OH is 1. The Morgan fingerprint density at radius 3 is 2.62 bits per heavy atom. The van der Waals surface area contributed by atoms with Crippen molar-refractivity contribution in [3.05, 3.63) is 64.5 Å². The van der Waals surface area contributed by atoms with Gasteiger partial charge in [0.1, 0.15) is 11.6 Å². The highest BCUT2D eigenvalue weighted by Gasteiger charge is 2.09. The number of hydrogen-bond acceptors (Lipinski definition) is 3. The fraction of sp³-hybridized carbons (Fsp3) is 0.0625. The summed E-state index contributed by atoms with van der Waals surface area (Å²) < 4.78 is 19.7. The zero-order valence-corrected chi connectivity index (χ0v) is 12.5. The van der Waals surface area contributed by atoms with Crippen molar-refractivity contribution in [1.82, 2.24) is 4.98 Å². The van der Waals surface area contributed by atoms with E-state index in [1.54, 1.807) is 12.3 Å². The first kappa shape index (κ1) is 14.0. The van der Waals surface area contributed by atoms with Gasteiger partial charge in [0.15, 0.2) is 0 Å². The molecular formula is C16H11BrFNO2. The molecule has 0 unspecified atom stereocenters. The van der Waals surface area contributed by atoms with Crippen molar-refractivity contribution in [2.45, 2.75) is 6.61 Å². The number of pyridine rings is 1. The molecule has 0 aliphatic heterocycles. The van der Waals surface area contributed by atoms with Crippen LogP contribution in [0.1, 0.15) is 5.56 Å². The van der Waals surface area contributed by atoms with Crippen molar-refractivity contribution in [2.24, 2.45) is 0 Å². The number of benzene rings is 2. The molecule has 21 heavy (non-hydrogen) atoms. The number of hydrogen-bond donors (Lipinski definition) is 1. The van der Waals surface area contributed by atoms with Crippen LogP contribution in [0.4, 0.5) is 4.39 Å². The van der Waals surface area contributed by atoms with Gasteiger partial charge in [0.05, 0.1) is 6.61 Å². The first-order valence-corrected chi connectivity index (χ1v) is 7.08. The molecule has 3 nitrogen and oxygen atoms in total. The molecule has 0 atom stereocenters. The minimum Gasteiger partial charge on any atom is -0.438 e. The normalized spacial score (nSPS) is 10.8. The van der Waals surface area contributed by atoms with Gasteiger partial charge in [-0.05, 0) is 23.6 Å². The van der Waals surface area contributed by atoms with E-state index in [4.69, 9.17) is 4.74 Å². The van der Waals surface area contributed by atoms with Crippen molar-refractivity contribution >= 4 is 26.7 Å². The molecule has 3 rings (SSSR count). The van der Waals surface area contributed by atoms with E-state index in [0.29, 0.717) is 16.1 Å². The Morgan fingerprint density at radius 1 is 1.14 bits per heavy atom. The van der Waals surface area contributed by atoms with E-state index in [9.17, 15) is 9.50 Å². The van der Waals surface area contributed by atoms with Crippen LogP contribution in [0.2, 0.25) is 0 Å². The van der Waals surface area contributed by atoms with Gasteiger partial charge in [-0.15, -0.1) is 0 Å². The van der Waals surface area contributed by atoms with Gasteiger partial charge in [-0.2, -0.15) is 0 Å². The Bertz CT molecular complexity index is 787. The summed E-state index contributed by atoms with van der Waals surface area (Å²) in [7, 11) is 0. The van der Waals surface area contributed by atoms with E-state index >= 15 is 0 Å². The van der Waals surface area contributed by atoms with E-state index in [-0.39, 0.29) is 6.61 Å². The lowest BCUT2D eigenvalue weighted by atomic mass is 10.1. The quantitative estimate of drug-likeness (QED) is 0.762. The molecule has 0 radical (unpaired) electrons. The third kappa shape index (κ3) is 2.89. The van der Waals surface area contributed by atoms with Crippen LogP contribution in [0.15, 0.2) is 53.1 Å². The SMILES string of the molecule is OCc1cnc(Oc2cc(F)cc(Br)c2)c2ccccc12. The molecule has 106 valence electrons. The Balaban J connectivity index is 2.09. The minimum absolute atomic E-state index is 0.0979. The Labute approximate surface area is 129 Å². The smallest absolute Gasteiger partial charge is 0.227 e. The summed E-state index contributed by atoms with van der Waals surface area (Å²) in [5.74, 6) is 0.340. The number of rotatable bonds is 3. The van der Waals surface area contributed by atoms with Crippen molar-refractivity contribution in [2.75, 3.05) is 0 Å². The van der Waals surface area contributed by atoms with Gasteiger partial charge in [0.25, 0.3) is 0 Å². The average Bonchev–Trinajstić information content (AvgIpc) is 2.46. The molecule has 3 aromatic rings. The predicted octanol–water partition coefficient (Wildman–Crippen LogP) is 4.42. The molecule has 0 saturated carbocycles. The molecule has 1 heterocycles. The lowest BCUT2D eigenvalue weighted by Gasteiger charge is -2.10. The Hall–Kier alpha value is -1.98. The van der Waals surface area contributed by atoms with Crippen molar-refractivity contribution in [1.29, 1.82) is 0 Å². The van der Waals surface area contributed by atoms with E-state index in [0.717, 1.165) is 16.3 Å². The second-order valence-electron chi connectivity index (χ2n) is 4.50. The summed E-state index contributed by atoms with van der Waals surface area (Å²) in [5.41, 5.74) is 0.721. The third-order valence-corrected chi connectivity index (χ3v) is 3.52. The second kappa shape index (κ2) is 5.79. The third-order valence-electron chi connectivity index (χ3n) is 3.06. The molecule has 0 bridgehead atoms. The fourth-order valence-corrected chi connectivity index (χ4v) is 2.58. The molecule has 1 aromatic heterocycles. The Kier molecular flexibility index (Phi) is 3.86. The summed E-state index contributed by atoms with van der Waals surface area (Å²) in [6, 6.07) is 11.8. The highest BCUT2D eigenvalue weighted by Crippen LogP contribution is 2.31. The van der Waals surface area contributed by atoms with Crippen molar-refractivity contribution in [3.63, 3.8) is 0 Å². The number of aliphatic hydroxyl groups is 1. The van der Waals surface area contributed by atoms with Gasteiger partial charge >= 0.3 is 0 Å². The van der Waals surface area contributed by atoms with Gasteiger partial charge in [-0.25, -0.2) is 9.37 Å². The fourth-order valence-electron chi connectivity index (χ4n) is 2.13. The topological polar surface area (TPSA) is 42.4 Å². The van der Waals surface area contributed by atoms with Crippen LogP contribution in [-0.2, 0) is 6.61 Å². The van der Waals surface area contributed by atoms with Crippen LogP contribution in [0, 0.1) is 5.82 Å². The standard InChI is InChI=1S/C16H11BrFNO2/c17-11-5-12(18)7-13(6-11)21-16-15-4-2-1-3-14(15)10(9-20)8-19-16/h1-8,20H,9H2. The van der Waals surface area contributed by atoms with Gasteiger partial charge in [0.2, 0.25) is 5.88 Å². The maximum Gasteiger partial charge on any atom is 0.227 e. The lowest BCUT2D eigenvalue weighted by Crippen LogP contribution is -1.94. The van der Waals surface area contributed by atoms with E-state index in [1.807, 2.05) is 24.3 Å². The molecule has 1 N–H and O–H groups in total. The summed E-state index contributed by atoms with van der Waals surface area (Å²) >= 11 is 3.23. The molecule has 0 aliphatic carbocycles. The highest BCUT2D eigenvalue weighted by molar-refractivity contribution is 9.10. The zero-order chi connectivity index (χ0) is 14.8. The molecule has 0 saturated heterocycles. The van der Waals surface area contributed by atoms with E-state index in [2.05, 4.69) is 20.9 Å². The van der Waals surface area contributed by atoms with Crippen LogP contribution < -0.4 is 4.74 Å². The van der Waals surface area contributed by atoms with Gasteiger partial charge in [-0.1, -0.05) is 34.1 Å². The molecule has 0 spiro atoms. The molecule has 0 fully saturated rings. The maximum atomic E-state index is 13.4. The molecule has 5 heteroatoms. The first-order valence-electron chi connectivity index (χ1n) is 6.29. The zero-order valence-electron chi connectivity index (χ0n) is 10.9. The number of fused-ring (bicyclic) bond motifs is 1. The second-order valence-corrected chi connectivity index (χ2v) is 5.42.